The highest BCUT2D eigenvalue weighted by molar-refractivity contribution is 7.84. The topological polar surface area (TPSA) is 46.2 Å². The Morgan fingerprint density at radius 1 is 1.19 bits per heavy atom. The summed E-state index contributed by atoms with van der Waals surface area (Å²) in [5.41, 5.74) is 0. The van der Waals surface area contributed by atoms with Crippen LogP contribution in [0.4, 0.5) is 0 Å². The summed E-state index contributed by atoms with van der Waals surface area (Å²) in [6.07, 6.45) is 3.14. The molecule has 80 valence electrons. The minimum Gasteiger partial charge on any atom is -0.269 e. The Labute approximate surface area is 98.4 Å². The third kappa shape index (κ3) is 1.40. The lowest BCUT2D eigenvalue weighted by Gasteiger charge is -1.99. The lowest BCUT2D eigenvalue weighted by molar-refractivity contribution is -0.114. The van der Waals surface area contributed by atoms with Crippen LogP contribution in [0.5, 0.6) is 0 Å². The molecule has 3 rings (SSSR count). The van der Waals surface area contributed by atoms with Crippen molar-refractivity contribution in [2.75, 3.05) is 0 Å². The lowest BCUT2D eigenvalue weighted by Crippen LogP contribution is -2.22. The number of hydrogen-bond donors (Lipinski definition) is 1. The highest BCUT2D eigenvalue weighted by Crippen LogP contribution is 2.34. The normalized spacial score (nSPS) is 19.2. The van der Waals surface area contributed by atoms with Crippen LogP contribution < -0.4 is 4.72 Å². The lowest BCUT2D eigenvalue weighted by atomic mass is 10.2. The first-order valence-corrected chi connectivity index (χ1v) is 6.64. The maximum atomic E-state index is 11.9. The summed E-state index contributed by atoms with van der Waals surface area (Å²) in [5, 5.41) is 0.952. The smallest absolute Gasteiger partial charge is 0.255 e. The predicted octanol–water partition coefficient (Wildman–Crippen LogP) is 2.07. The van der Waals surface area contributed by atoms with E-state index in [1.807, 2.05) is 24.3 Å². The molecule has 5 heteroatoms. The molecule has 1 amide bonds. The zero-order chi connectivity index (χ0) is 11.1. The second-order valence-corrected chi connectivity index (χ2v) is 5.59. The van der Waals surface area contributed by atoms with Crippen LogP contribution >= 0.6 is 11.3 Å². The van der Waals surface area contributed by atoms with Gasteiger partial charge in [0.25, 0.3) is 5.91 Å². The molecule has 2 heterocycles. The molecule has 2 aromatic rings. The number of amides is 1. The maximum absolute atomic E-state index is 11.9. The van der Waals surface area contributed by atoms with Crippen LogP contribution in [-0.4, -0.2) is 10.1 Å². The van der Waals surface area contributed by atoms with E-state index in [2.05, 4.69) is 4.72 Å². The van der Waals surface area contributed by atoms with Crippen molar-refractivity contribution < 1.29 is 9.00 Å². The van der Waals surface area contributed by atoms with Crippen LogP contribution in [0.3, 0.4) is 0 Å². The van der Waals surface area contributed by atoms with Crippen molar-refractivity contribution in [3.05, 3.63) is 35.2 Å². The molecule has 1 unspecified atom stereocenters. The van der Waals surface area contributed by atoms with Gasteiger partial charge in [-0.2, -0.15) is 0 Å². The van der Waals surface area contributed by atoms with Gasteiger partial charge in [0, 0.05) is 21.0 Å². The minimum absolute atomic E-state index is 0.314. The van der Waals surface area contributed by atoms with Crippen LogP contribution in [0.25, 0.3) is 16.2 Å². The van der Waals surface area contributed by atoms with Gasteiger partial charge >= 0.3 is 0 Å². The maximum Gasteiger partial charge on any atom is 0.255 e. The first-order valence-electron chi connectivity index (χ1n) is 4.68. The van der Waals surface area contributed by atoms with Gasteiger partial charge in [-0.3, -0.25) is 9.52 Å². The Bertz CT molecular complexity index is 642. The van der Waals surface area contributed by atoms with Crippen LogP contribution in [-0.2, 0) is 15.8 Å². The number of benzene rings is 1. The molecule has 3 nitrogen and oxygen atoms in total. The second-order valence-electron chi connectivity index (χ2n) is 3.36. The molecular formula is C11H7NO2S2. The van der Waals surface area contributed by atoms with Crippen molar-refractivity contribution in [3.63, 3.8) is 0 Å². The van der Waals surface area contributed by atoms with Crippen molar-refractivity contribution in [3.8, 4) is 0 Å². The van der Waals surface area contributed by atoms with Crippen LogP contribution in [0.2, 0.25) is 0 Å². The molecule has 0 aliphatic carbocycles. The average molecular weight is 249 g/mol. The summed E-state index contributed by atoms with van der Waals surface area (Å²) in [6, 6.07) is 7.77. The molecule has 0 saturated carbocycles. The highest BCUT2D eigenvalue weighted by Gasteiger charge is 2.19. The number of fused-ring (bicyclic) bond motifs is 3. The molecule has 1 aromatic heterocycles. The number of nitrogens with one attached hydrogen (secondary N) is 1. The summed E-state index contributed by atoms with van der Waals surface area (Å²) in [7, 11) is -1.46. The van der Waals surface area contributed by atoms with E-state index in [0.717, 1.165) is 15.0 Å². The van der Waals surface area contributed by atoms with Gasteiger partial charge in [0.15, 0.2) is 11.0 Å². The van der Waals surface area contributed by atoms with Crippen LogP contribution in [0.1, 0.15) is 4.88 Å². The Morgan fingerprint density at radius 2 is 2.00 bits per heavy atom. The fourth-order valence-corrected chi connectivity index (χ4v) is 4.07. The Hall–Kier alpha value is -1.46. The molecule has 1 N–H and O–H groups in total. The van der Waals surface area contributed by atoms with Gasteiger partial charge in [0.1, 0.15) is 0 Å². The van der Waals surface area contributed by atoms with E-state index in [9.17, 15) is 9.00 Å². The van der Waals surface area contributed by atoms with Crippen molar-refractivity contribution in [1.29, 1.82) is 0 Å². The first kappa shape index (κ1) is 9.74. The molecule has 0 fully saturated rings. The molecule has 16 heavy (non-hydrogen) atoms. The summed E-state index contributed by atoms with van der Waals surface area (Å²) < 4.78 is 15.5. The molecule has 1 aliphatic heterocycles. The van der Waals surface area contributed by atoms with Gasteiger partial charge < -0.3 is 0 Å². The zero-order valence-corrected chi connectivity index (χ0v) is 9.73. The van der Waals surface area contributed by atoms with Gasteiger partial charge in [-0.1, -0.05) is 18.2 Å². The molecule has 0 spiro atoms. The number of hydrogen-bond acceptors (Lipinski definition) is 3. The van der Waals surface area contributed by atoms with E-state index in [1.54, 1.807) is 17.4 Å². The molecular weight excluding hydrogens is 242 g/mol. The summed E-state index contributed by atoms with van der Waals surface area (Å²) >= 11 is 1.55. The number of carbonyl (C=O) groups is 1. The van der Waals surface area contributed by atoms with Gasteiger partial charge in [0.05, 0.1) is 4.90 Å². The standard InChI is InChI=1S/C11H7NO2S2/c13-10-6-5-9-11(16(14)12-10)7-3-1-2-4-8(7)15-9/h1-6H,(H,12,13). The van der Waals surface area contributed by atoms with E-state index in [4.69, 9.17) is 0 Å². The largest absolute Gasteiger partial charge is 0.269 e. The number of carbonyl (C=O) groups excluding carboxylic acids is 1. The Morgan fingerprint density at radius 3 is 2.88 bits per heavy atom. The number of thiophene rings is 1. The van der Waals surface area contributed by atoms with Crippen LogP contribution in [0, 0.1) is 0 Å². The Balaban J connectivity index is 2.36. The zero-order valence-electron chi connectivity index (χ0n) is 8.10. The minimum atomic E-state index is -1.46. The highest BCUT2D eigenvalue weighted by atomic mass is 32.2. The molecule has 1 aromatic carbocycles. The molecule has 0 saturated heterocycles. The molecule has 0 bridgehead atoms. The quantitative estimate of drug-likeness (QED) is 0.777. The fraction of sp³-hybridized carbons (Fsp3) is 0. The third-order valence-corrected chi connectivity index (χ3v) is 4.80. The fourth-order valence-electron chi connectivity index (χ4n) is 1.67. The molecule has 0 radical (unpaired) electrons. The molecule has 1 aliphatic rings. The van der Waals surface area contributed by atoms with Crippen molar-refractivity contribution >= 4 is 44.4 Å². The summed E-state index contributed by atoms with van der Waals surface area (Å²) in [6.45, 7) is 0. The average Bonchev–Trinajstić information content (AvgIpc) is 2.57. The Kier molecular flexibility index (Phi) is 2.15. The first-order chi connectivity index (χ1) is 7.75. The van der Waals surface area contributed by atoms with Crippen LogP contribution in [0.15, 0.2) is 35.2 Å². The van der Waals surface area contributed by atoms with Crippen molar-refractivity contribution in [2.24, 2.45) is 0 Å². The van der Waals surface area contributed by atoms with Gasteiger partial charge in [-0.25, -0.2) is 4.21 Å². The van der Waals surface area contributed by atoms with E-state index in [1.165, 1.54) is 6.08 Å². The van der Waals surface area contributed by atoms with Gasteiger partial charge in [-0.15, -0.1) is 11.3 Å². The second kappa shape index (κ2) is 3.54. The summed E-state index contributed by atoms with van der Waals surface area (Å²) in [4.78, 5) is 12.8. The van der Waals surface area contributed by atoms with Crippen molar-refractivity contribution in [2.45, 2.75) is 4.90 Å². The predicted molar refractivity (Wildman–Crippen MR) is 65.4 cm³/mol. The van der Waals surface area contributed by atoms with E-state index < -0.39 is 11.0 Å². The summed E-state index contributed by atoms with van der Waals surface area (Å²) in [5.74, 6) is -0.314. The van der Waals surface area contributed by atoms with E-state index in [0.29, 0.717) is 4.90 Å². The SMILES string of the molecule is O=C1C=Cc2sc3ccccc3c2S(=O)N1. The molecule has 1 atom stereocenters. The van der Waals surface area contributed by atoms with Crippen molar-refractivity contribution in [1.82, 2.24) is 4.72 Å². The third-order valence-electron chi connectivity index (χ3n) is 2.34. The van der Waals surface area contributed by atoms with Gasteiger partial charge in [0.2, 0.25) is 0 Å². The monoisotopic (exact) mass is 249 g/mol. The van der Waals surface area contributed by atoms with Gasteiger partial charge in [-0.05, 0) is 12.1 Å². The van der Waals surface area contributed by atoms with E-state index >= 15 is 0 Å². The number of rotatable bonds is 0. The van der Waals surface area contributed by atoms with E-state index in [-0.39, 0.29) is 5.91 Å².